The third kappa shape index (κ3) is 3.89. The molecule has 0 atom stereocenters. The van der Waals surface area contributed by atoms with Gasteiger partial charge in [-0.25, -0.2) is 0 Å². The zero-order valence-corrected chi connectivity index (χ0v) is 24.4. The fraction of sp³-hybridized carbons (Fsp3) is 0.0714. The first-order chi connectivity index (χ1) is 21.8. The topological polar surface area (TPSA) is 9.86 Å². The standard InChI is InChI=1S/C42H30N2/c1-2-12-29(13-3-1)30-14-10-15-31(26-30)32-16-11-17-33(27-32)44-41-23-9-6-20-37(41)38-25-24-34(28-42(38)44)43-39-21-7-4-18-35(39)36-19-5-8-22-40(36)43/h1-4,6,8-17,20-28H,5,18-19H2. The number of allylic oxidation sites excluding steroid dienone is 2. The Kier molecular flexibility index (Phi) is 5.69. The maximum absolute atomic E-state index is 3.39. The summed E-state index contributed by atoms with van der Waals surface area (Å²) in [5, 5.41) is 2.53. The quantitative estimate of drug-likeness (QED) is 0.189. The molecule has 0 aliphatic heterocycles. The van der Waals surface area contributed by atoms with Crippen molar-refractivity contribution in [1.29, 1.82) is 0 Å². The van der Waals surface area contributed by atoms with Gasteiger partial charge in [0.1, 0.15) is 0 Å². The lowest BCUT2D eigenvalue weighted by molar-refractivity contribution is 0.951. The molecule has 0 saturated carbocycles. The average Bonchev–Trinajstić information content (AvgIpc) is 3.61. The van der Waals surface area contributed by atoms with Crippen LogP contribution in [0.5, 0.6) is 0 Å². The summed E-state index contributed by atoms with van der Waals surface area (Å²) in [5.74, 6) is 0. The van der Waals surface area contributed by atoms with Crippen LogP contribution in [0.2, 0.25) is 0 Å². The van der Waals surface area contributed by atoms with Crippen LogP contribution < -0.4 is 0 Å². The first-order valence-electron chi connectivity index (χ1n) is 15.5. The van der Waals surface area contributed by atoms with E-state index >= 15 is 0 Å². The smallest absolute Gasteiger partial charge is 0.0577 e. The van der Waals surface area contributed by atoms with Gasteiger partial charge in [0.15, 0.2) is 0 Å². The van der Waals surface area contributed by atoms with Crippen molar-refractivity contribution in [1.82, 2.24) is 9.13 Å². The number of hydrogen-bond donors (Lipinski definition) is 0. The van der Waals surface area contributed by atoms with Gasteiger partial charge >= 0.3 is 0 Å². The lowest BCUT2D eigenvalue weighted by Crippen LogP contribution is -2.02. The first kappa shape index (κ1) is 25.0. The van der Waals surface area contributed by atoms with E-state index in [0.717, 1.165) is 24.9 Å². The minimum Gasteiger partial charge on any atom is -0.309 e. The van der Waals surface area contributed by atoms with Gasteiger partial charge in [-0.1, -0.05) is 91.0 Å². The van der Waals surface area contributed by atoms with Crippen molar-refractivity contribution in [3.63, 3.8) is 0 Å². The zero-order chi connectivity index (χ0) is 29.0. The van der Waals surface area contributed by atoms with E-state index in [1.54, 1.807) is 0 Å². The molecule has 0 N–H and O–H groups in total. The van der Waals surface area contributed by atoms with Gasteiger partial charge in [0, 0.05) is 40.3 Å². The number of para-hydroxylation sites is 1. The van der Waals surface area contributed by atoms with E-state index in [0.29, 0.717) is 0 Å². The van der Waals surface area contributed by atoms with Crippen molar-refractivity contribution in [2.24, 2.45) is 0 Å². The summed E-state index contributed by atoms with van der Waals surface area (Å²) in [4.78, 5) is 0. The molecule has 44 heavy (non-hydrogen) atoms. The zero-order valence-electron chi connectivity index (χ0n) is 24.4. The Hall–Kier alpha value is -5.56. The number of aromatic nitrogens is 2. The van der Waals surface area contributed by atoms with E-state index < -0.39 is 0 Å². The highest BCUT2D eigenvalue weighted by Crippen LogP contribution is 2.38. The monoisotopic (exact) mass is 562 g/mol. The van der Waals surface area contributed by atoms with Gasteiger partial charge in [0.05, 0.1) is 16.7 Å². The van der Waals surface area contributed by atoms with Crippen LogP contribution in [-0.4, -0.2) is 9.13 Å². The van der Waals surface area contributed by atoms with E-state index in [1.807, 2.05) is 0 Å². The lowest BCUT2D eigenvalue weighted by atomic mass is 9.96. The van der Waals surface area contributed by atoms with Crippen molar-refractivity contribution in [3.8, 4) is 33.6 Å². The van der Waals surface area contributed by atoms with Gasteiger partial charge < -0.3 is 9.13 Å². The van der Waals surface area contributed by atoms with Crippen LogP contribution in [0.3, 0.4) is 0 Å². The van der Waals surface area contributed by atoms with Gasteiger partial charge in [-0.15, -0.1) is 5.73 Å². The molecule has 0 spiro atoms. The van der Waals surface area contributed by atoms with E-state index in [1.165, 1.54) is 72.3 Å². The molecule has 0 fully saturated rings. The molecule has 208 valence electrons. The summed E-state index contributed by atoms with van der Waals surface area (Å²) in [5.41, 5.74) is 18.6. The second-order valence-corrected chi connectivity index (χ2v) is 11.8. The molecule has 2 nitrogen and oxygen atoms in total. The summed E-state index contributed by atoms with van der Waals surface area (Å²) in [6, 6.07) is 44.2. The number of hydrogen-bond acceptors (Lipinski definition) is 0. The summed E-state index contributed by atoms with van der Waals surface area (Å²) in [6.45, 7) is 0. The fourth-order valence-corrected chi connectivity index (χ4v) is 7.25. The van der Waals surface area contributed by atoms with E-state index in [-0.39, 0.29) is 0 Å². The van der Waals surface area contributed by atoms with E-state index in [4.69, 9.17) is 0 Å². The predicted molar refractivity (Wildman–Crippen MR) is 185 cm³/mol. The number of rotatable bonds is 4. The Bertz CT molecular complexity index is 2340. The molecule has 2 heteroatoms. The maximum atomic E-state index is 3.39. The van der Waals surface area contributed by atoms with Gasteiger partial charge in [0.25, 0.3) is 0 Å². The van der Waals surface area contributed by atoms with Crippen LogP contribution in [0.15, 0.2) is 139 Å². The highest BCUT2D eigenvalue weighted by atomic mass is 15.0. The highest BCUT2D eigenvalue weighted by molar-refractivity contribution is 6.09. The van der Waals surface area contributed by atoms with Crippen LogP contribution in [0.1, 0.15) is 28.9 Å². The summed E-state index contributed by atoms with van der Waals surface area (Å²) >= 11 is 0. The Morgan fingerprint density at radius 3 is 2.16 bits per heavy atom. The lowest BCUT2D eigenvalue weighted by Gasteiger charge is -2.15. The SMILES string of the molecule is C1=CCc2c3c(n(-c4ccc5c6ccccc6n(-c6cccc(-c7cccc(-c8ccccc8)c7)c6)c5c4)c2C=1)C=CCC3. The molecule has 9 rings (SSSR count). The minimum absolute atomic E-state index is 0.954. The van der Waals surface area contributed by atoms with E-state index in [2.05, 4.69) is 160 Å². The number of nitrogens with zero attached hydrogens (tertiary/aromatic N) is 2. The molecular weight excluding hydrogens is 532 g/mol. The van der Waals surface area contributed by atoms with Gasteiger partial charge in [0.2, 0.25) is 0 Å². The molecule has 2 aromatic heterocycles. The van der Waals surface area contributed by atoms with Crippen LogP contribution in [0.4, 0.5) is 0 Å². The highest BCUT2D eigenvalue weighted by Gasteiger charge is 2.23. The molecule has 2 aliphatic rings. The second-order valence-electron chi connectivity index (χ2n) is 11.8. The van der Waals surface area contributed by atoms with E-state index in [9.17, 15) is 0 Å². The molecule has 0 bridgehead atoms. The summed E-state index contributed by atoms with van der Waals surface area (Å²) < 4.78 is 4.89. The third-order valence-electron chi connectivity index (χ3n) is 9.27. The Balaban J connectivity index is 1.24. The van der Waals surface area contributed by atoms with Crippen LogP contribution in [0, 0.1) is 0 Å². The Morgan fingerprint density at radius 2 is 1.25 bits per heavy atom. The second kappa shape index (κ2) is 10.0. The fourth-order valence-electron chi connectivity index (χ4n) is 7.25. The minimum atomic E-state index is 0.954. The van der Waals surface area contributed by atoms with Gasteiger partial charge in [-0.05, 0) is 94.8 Å². The molecule has 0 unspecified atom stereocenters. The molecule has 5 aromatic carbocycles. The first-order valence-corrected chi connectivity index (χ1v) is 15.5. The molecule has 0 amide bonds. The molecular formula is C42H30N2. The molecule has 7 aromatic rings. The molecule has 2 aliphatic carbocycles. The Morgan fingerprint density at radius 1 is 0.523 bits per heavy atom. The van der Waals surface area contributed by atoms with Crippen molar-refractivity contribution in [2.75, 3.05) is 0 Å². The van der Waals surface area contributed by atoms with Gasteiger partial charge in [-0.3, -0.25) is 0 Å². The van der Waals surface area contributed by atoms with Crippen LogP contribution >= 0.6 is 0 Å². The predicted octanol–water partition coefficient (Wildman–Crippen LogP) is 10.6. The molecule has 2 heterocycles. The van der Waals surface area contributed by atoms with Gasteiger partial charge in [-0.2, -0.15) is 0 Å². The normalized spacial score (nSPS) is 13.5. The maximum Gasteiger partial charge on any atom is 0.0577 e. The van der Waals surface area contributed by atoms with Crippen molar-refractivity contribution in [2.45, 2.75) is 19.3 Å². The summed E-state index contributed by atoms with van der Waals surface area (Å²) in [6.07, 6.45) is 12.1. The van der Waals surface area contributed by atoms with Crippen molar-refractivity contribution >= 4 is 34.0 Å². The Labute approximate surface area is 257 Å². The molecule has 0 saturated heterocycles. The van der Waals surface area contributed by atoms with Crippen LogP contribution in [-0.2, 0) is 12.8 Å². The number of fused-ring (bicyclic) bond motifs is 6. The largest absolute Gasteiger partial charge is 0.309 e. The van der Waals surface area contributed by atoms with Crippen molar-refractivity contribution < 1.29 is 0 Å². The number of benzene rings is 5. The van der Waals surface area contributed by atoms with Crippen LogP contribution in [0.25, 0.3) is 67.6 Å². The third-order valence-corrected chi connectivity index (χ3v) is 9.27. The van der Waals surface area contributed by atoms with Crippen molar-refractivity contribution in [3.05, 3.63) is 162 Å². The average molecular weight is 563 g/mol. The molecule has 0 radical (unpaired) electrons. The summed E-state index contributed by atoms with van der Waals surface area (Å²) in [7, 11) is 0.